The molecule has 0 bridgehead atoms. The molecule has 0 heterocycles. The first-order chi connectivity index (χ1) is 5.15. The van der Waals surface area contributed by atoms with E-state index in [9.17, 15) is 4.79 Å². The zero-order valence-corrected chi connectivity index (χ0v) is 9.36. The molecule has 0 aromatic rings. The molecule has 0 spiro atoms. The third kappa shape index (κ3) is 4.19. The van der Waals surface area contributed by atoms with Gasteiger partial charge >= 0.3 is 5.97 Å². The molecule has 0 fully saturated rings. The van der Waals surface area contributed by atoms with Crippen LogP contribution < -0.4 is 0 Å². The van der Waals surface area contributed by atoms with Crippen LogP contribution >= 0.6 is 0 Å². The highest BCUT2D eigenvalue weighted by atomic mass is 28.3. The van der Waals surface area contributed by atoms with Gasteiger partial charge in [0.2, 0.25) is 0 Å². The summed E-state index contributed by atoms with van der Waals surface area (Å²) in [6.45, 7) is 9.54. The van der Waals surface area contributed by atoms with E-state index in [0.717, 1.165) is 0 Å². The third-order valence-electron chi connectivity index (χ3n) is 1.28. The summed E-state index contributed by atoms with van der Waals surface area (Å²) in [5.74, 6) is 1.96. The van der Waals surface area contributed by atoms with E-state index < -0.39 is 19.5 Å². The van der Waals surface area contributed by atoms with Crippen LogP contribution in [0.2, 0.25) is 19.6 Å². The molecule has 0 aliphatic rings. The molecule has 0 radical (unpaired) electrons. The van der Waals surface area contributed by atoms with Crippen LogP contribution in [0.4, 0.5) is 0 Å². The highest BCUT2D eigenvalue weighted by molar-refractivity contribution is 6.83. The predicted octanol–water partition coefficient (Wildman–Crippen LogP) is 1.98. The van der Waals surface area contributed by atoms with Crippen molar-refractivity contribution < 1.29 is 9.90 Å². The Morgan fingerprint density at radius 3 is 2.00 bits per heavy atom. The Kier molecular flexibility index (Phi) is 3.11. The van der Waals surface area contributed by atoms with Crippen LogP contribution in [0.3, 0.4) is 0 Å². The van der Waals surface area contributed by atoms with Crippen LogP contribution in [0.25, 0.3) is 0 Å². The molecule has 1 N–H and O–H groups in total. The number of carboxylic acid groups (broad SMARTS) is 1. The maximum atomic E-state index is 10.7. The lowest BCUT2D eigenvalue weighted by Crippen LogP contribution is -2.24. The molecular formula is C9H16O2Si. The maximum absolute atomic E-state index is 10.7. The summed E-state index contributed by atoms with van der Waals surface area (Å²) < 4.78 is 0. The van der Waals surface area contributed by atoms with Gasteiger partial charge in [0, 0.05) is 0 Å². The lowest BCUT2D eigenvalue weighted by atomic mass is 9.96. The van der Waals surface area contributed by atoms with E-state index in [4.69, 9.17) is 5.11 Å². The minimum absolute atomic E-state index is 0.853. The predicted molar refractivity (Wildman–Crippen MR) is 52.5 cm³/mol. The first-order valence-corrected chi connectivity index (χ1v) is 7.43. The average molecular weight is 184 g/mol. The van der Waals surface area contributed by atoms with Gasteiger partial charge in [0.15, 0.2) is 0 Å². The highest BCUT2D eigenvalue weighted by Crippen LogP contribution is 2.13. The van der Waals surface area contributed by atoms with Gasteiger partial charge < -0.3 is 5.11 Å². The van der Waals surface area contributed by atoms with Crippen molar-refractivity contribution in [3.8, 4) is 11.5 Å². The van der Waals surface area contributed by atoms with Crippen molar-refractivity contribution in [3.63, 3.8) is 0 Å². The molecule has 0 unspecified atom stereocenters. The van der Waals surface area contributed by atoms with Crippen LogP contribution in [0.1, 0.15) is 13.8 Å². The molecule has 12 heavy (non-hydrogen) atoms. The second-order valence-corrected chi connectivity index (χ2v) is 9.18. The summed E-state index contributed by atoms with van der Waals surface area (Å²) >= 11 is 0. The van der Waals surface area contributed by atoms with Gasteiger partial charge in [-0.15, -0.1) is 5.54 Å². The Morgan fingerprint density at radius 1 is 1.33 bits per heavy atom. The van der Waals surface area contributed by atoms with Crippen LogP contribution in [0.5, 0.6) is 0 Å². The van der Waals surface area contributed by atoms with Gasteiger partial charge in [-0.1, -0.05) is 25.6 Å². The third-order valence-corrected chi connectivity index (χ3v) is 2.16. The topological polar surface area (TPSA) is 37.3 Å². The molecule has 0 aromatic heterocycles. The SMILES string of the molecule is CC(C)(C#C[Si](C)(C)C)C(=O)O. The molecule has 0 rings (SSSR count). The van der Waals surface area contributed by atoms with E-state index in [2.05, 4.69) is 31.1 Å². The van der Waals surface area contributed by atoms with Crippen molar-refractivity contribution in [3.05, 3.63) is 0 Å². The maximum Gasteiger partial charge on any atom is 0.321 e. The lowest BCUT2D eigenvalue weighted by molar-refractivity contribution is -0.143. The van der Waals surface area contributed by atoms with Crippen LogP contribution in [-0.4, -0.2) is 19.1 Å². The molecule has 0 atom stereocenters. The highest BCUT2D eigenvalue weighted by Gasteiger charge is 2.24. The summed E-state index contributed by atoms with van der Waals surface area (Å²) in [5.41, 5.74) is 2.15. The minimum Gasteiger partial charge on any atom is -0.480 e. The van der Waals surface area contributed by atoms with Crippen molar-refractivity contribution >= 4 is 14.0 Å². The Hall–Kier alpha value is -0.753. The second-order valence-electron chi connectivity index (χ2n) is 4.43. The van der Waals surface area contributed by atoms with Crippen molar-refractivity contribution in [1.82, 2.24) is 0 Å². The summed E-state index contributed by atoms with van der Waals surface area (Å²) in [7, 11) is -1.44. The molecule has 0 saturated carbocycles. The fourth-order valence-corrected chi connectivity index (χ4v) is 1.08. The molecular weight excluding hydrogens is 168 g/mol. The zero-order chi connectivity index (χ0) is 9.99. The minimum atomic E-state index is -1.44. The molecule has 68 valence electrons. The van der Waals surface area contributed by atoms with E-state index in [1.807, 2.05) is 0 Å². The average Bonchev–Trinajstić information content (AvgIpc) is 1.82. The van der Waals surface area contributed by atoms with Gasteiger partial charge in [-0.05, 0) is 13.8 Å². The molecule has 3 heteroatoms. The molecule has 0 saturated heterocycles. The molecule has 0 aromatic carbocycles. The second kappa shape index (κ2) is 3.32. The van der Waals surface area contributed by atoms with Gasteiger partial charge in [-0.2, -0.15) is 0 Å². The van der Waals surface area contributed by atoms with Gasteiger partial charge in [0.25, 0.3) is 0 Å². The Labute approximate surface area is 75.0 Å². The van der Waals surface area contributed by atoms with Gasteiger partial charge in [-0.3, -0.25) is 4.79 Å². The smallest absolute Gasteiger partial charge is 0.321 e. The van der Waals surface area contributed by atoms with E-state index in [0.29, 0.717) is 0 Å². The first-order valence-electron chi connectivity index (χ1n) is 3.93. The van der Waals surface area contributed by atoms with E-state index >= 15 is 0 Å². The summed E-state index contributed by atoms with van der Waals surface area (Å²) in [4.78, 5) is 10.7. The molecule has 0 aliphatic heterocycles. The Balaban J connectivity index is 4.61. The van der Waals surface area contributed by atoms with Gasteiger partial charge in [0.1, 0.15) is 13.5 Å². The quantitative estimate of drug-likeness (QED) is 0.500. The van der Waals surface area contributed by atoms with Crippen molar-refractivity contribution in [1.29, 1.82) is 0 Å². The van der Waals surface area contributed by atoms with Crippen LogP contribution in [0.15, 0.2) is 0 Å². The van der Waals surface area contributed by atoms with Crippen LogP contribution in [0, 0.1) is 16.9 Å². The standard InChI is InChI=1S/C9H16O2Si/c1-9(2,8(10)11)6-7-12(3,4)5/h1-5H3,(H,10,11). The number of carboxylic acids is 1. The summed E-state index contributed by atoms with van der Waals surface area (Å²) in [5, 5.41) is 8.75. The Bertz CT molecular complexity index is 237. The van der Waals surface area contributed by atoms with Gasteiger partial charge in [-0.25, -0.2) is 0 Å². The lowest BCUT2D eigenvalue weighted by Gasteiger charge is -2.12. The van der Waals surface area contributed by atoms with E-state index in [-0.39, 0.29) is 0 Å². The van der Waals surface area contributed by atoms with Crippen molar-refractivity contribution in [2.75, 3.05) is 0 Å². The van der Waals surface area contributed by atoms with E-state index in [1.165, 1.54) is 0 Å². The Morgan fingerprint density at radius 2 is 1.75 bits per heavy atom. The molecule has 2 nitrogen and oxygen atoms in total. The number of hydrogen-bond acceptors (Lipinski definition) is 1. The number of rotatable bonds is 1. The van der Waals surface area contributed by atoms with Crippen LogP contribution in [-0.2, 0) is 4.79 Å². The largest absolute Gasteiger partial charge is 0.480 e. The fourth-order valence-electron chi connectivity index (χ4n) is 0.397. The number of hydrogen-bond donors (Lipinski definition) is 1. The monoisotopic (exact) mass is 184 g/mol. The molecule has 0 amide bonds. The van der Waals surface area contributed by atoms with E-state index in [1.54, 1.807) is 13.8 Å². The zero-order valence-electron chi connectivity index (χ0n) is 8.36. The fraction of sp³-hybridized carbons (Fsp3) is 0.667. The number of carbonyl (C=O) groups is 1. The van der Waals surface area contributed by atoms with Crippen molar-refractivity contribution in [2.45, 2.75) is 33.5 Å². The normalized spacial score (nSPS) is 11.8. The van der Waals surface area contributed by atoms with Crippen molar-refractivity contribution in [2.24, 2.45) is 5.41 Å². The first kappa shape index (κ1) is 11.2. The summed E-state index contributed by atoms with van der Waals surface area (Å²) in [6, 6.07) is 0. The molecule has 0 aliphatic carbocycles. The number of aliphatic carboxylic acids is 1. The summed E-state index contributed by atoms with van der Waals surface area (Å²) in [6.07, 6.45) is 0. The van der Waals surface area contributed by atoms with Gasteiger partial charge in [0.05, 0.1) is 0 Å².